The highest BCUT2D eigenvalue weighted by atomic mass is 32.1. The molecule has 4 heterocycles. The molecular formula is C17H20FN3O2S. The van der Waals surface area contributed by atoms with Crippen molar-refractivity contribution in [3.63, 3.8) is 0 Å². The number of aromatic nitrogens is 2. The monoisotopic (exact) mass is 349 g/mol. The first-order chi connectivity index (χ1) is 11.6. The van der Waals surface area contributed by atoms with Crippen LogP contribution in [0.15, 0.2) is 23.7 Å². The summed E-state index contributed by atoms with van der Waals surface area (Å²) < 4.78 is 25.3. The number of thiazole rings is 1. The molecule has 2 saturated heterocycles. The Hall–Kier alpha value is -1.57. The van der Waals surface area contributed by atoms with Crippen LogP contribution in [-0.4, -0.2) is 46.8 Å². The molecule has 2 aliphatic heterocycles. The Labute approximate surface area is 144 Å². The zero-order chi connectivity index (χ0) is 16.6. The van der Waals surface area contributed by atoms with Crippen LogP contribution in [0.1, 0.15) is 17.1 Å². The predicted octanol–water partition coefficient (Wildman–Crippen LogP) is 2.66. The number of hydrogen-bond donors (Lipinski definition) is 0. The van der Waals surface area contributed by atoms with Gasteiger partial charge < -0.3 is 9.47 Å². The van der Waals surface area contributed by atoms with Crippen molar-refractivity contribution >= 4 is 11.3 Å². The maximum Gasteiger partial charge on any atom is 0.250 e. The third kappa shape index (κ3) is 3.03. The number of aryl methyl sites for hydroxylation is 1. The summed E-state index contributed by atoms with van der Waals surface area (Å²) in [7, 11) is 0. The number of rotatable bonds is 5. The molecule has 0 unspecified atom stereocenters. The van der Waals surface area contributed by atoms with Crippen LogP contribution in [-0.2, 0) is 11.3 Å². The fourth-order valence-electron chi connectivity index (χ4n) is 3.52. The van der Waals surface area contributed by atoms with Gasteiger partial charge in [0.25, 0.3) is 0 Å². The Morgan fingerprint density at radius 2 is 2.38 bits per heavy atom. The van der Waals surface area contributed by atoms with Crippen LogP contribution >= 0.6 is 11.3 Å². The fraction of sp³-hybridized carbons (Fsp3) is 0.529. The van der Waals surface area contributed by atoms with Crippen molar-refractivity contribution in [2.45, 2.75) is 25.5 Å². The summed E-state index contributed by atoms with van der Waals surface area (Å²) in [5.74, 6) is -0.0676. The van der Waals surface area contributed by atoms with Crippen LogP contribution < -0.4 is 4.74 Å². The van der Waals surface area contributed by atoms with Gasteiger partial charge in [-0.15, -0.1) is 11.3 Å². The SMILES string of the molecule is Cc1csc(CN2CC3(C2)OCC[C@H]3COc2ncccc2F)n1. The number of likely N-dealkylation sites (tertiary alicyclic amines) is 1. The number of ether oxygens (including phenoxy) is 2. The highest BCUT2D eigenvalue weighted by Crippen LogP contribution is 2.40. The van der Waals surface area contributed by atoms with E-state index in [2.05, 4.69) is 20.2 Å². The lowest BCUT2D eigenvalue weighted by Crippen LogP contribution is -2.64. The molecule has 2 aliphatic rings. The van der Waals surface area contributed by atoms with Gasteiger partial charge >= 0.3 is 0 Å². The van der Waals surface area contributed by atoms with Crippen molar-refractivity contribution in [3.05, 3.63) is 40.2 Å². The molecule has 0 amide bonds. The topological polar surface area (TPSA) is 47.5 Å². The van der Waals surface area contributed by atoms with Gasteiger partial charge in [0, 0.05) is 42.9 Å². The van der Waals surface area contributed by atoms with E-state index in [1.807, 2.05) is 6.92 Å². The molecule has 0 N–H and O–H groups in total. The summed E-state index contributed by atoms with van der Waals surface area (Å²) >= 11 is 1.70. The van der Waals surface area contributed by atoms with Gasteiger partial charge in [0.1, 0.15) is 5.01 Å². The minimum atomic E-state index is -0.417. The summed E-state index contributed by atoms with van der Waals surface area (Å²) in [6.07, 6.45) is 2.49. The highest BCUT2D eigenvalue weighted by molar-refractivity contribution is 7.09. The van der Waals surface area contributed by atoms with Gasteiger partial charge in [-0.3, -0.25) is 4.90 Å². The van der Waals surface area contributed by atoms with Gasteiger partial charge in [-0.2, -0.15) is 0 Å². The maximum atomic E-state index is 13.6. The molecule has 24 heavy (non-hydrogen) atoms. The average molecular weight is 349 g/mol. The average Bonchev–Trinajstić information content (AvgIpc) is 3.13. The van der Waals surface area contributed by atoms with Crippen molar-refractivity contribution in [1.82, 2.24) is 14.9 Å². The Kier molecular flexibility index (Phi) is 4.24. The first-order valence-corrected chi connectivity index (χ1v) is 9.03. The molecular weight excluding hydrogens is 329 g/mol. The van der Waals surface area contributed by atoms with Crippen LogP contribution in [0.3, 0.4) is 0 Å². The number of nitrogens with zero attached hydrogens (tertiary/aromatic N) is 3. The smallest absolute Gasteiger partial charge is 0.250 e. The van der Waals surface area contributed by atoms with E-state index in [4.69, 9.17) is 9.47 Å². The van der Waals surface area contributed by atoms with Crippen molar-refractivity contribution in [2.24, 2.45) is 5.92 Å². The molecule has 0 saturated carbocycles. The molecule has 7 heteroatoms. The predicted molar refractivity (Wildman–Crippen MR) is 88.6 cm³/mol. The summed E-state index contributed by atoms with van der Waals surface area (Å²) in [5, 5.41) is 3.22. The van der Waals surface area contributed by atoms with E-state index in [1.54, 1.807) is 23.6 Å². The molecule has 0 bridgehead atoms. The molecule has 2 aromatic rings. The second-order valence-electron chi connectivity index (χ2n) is 6.53. The van der Waals surface area contributed by atoms with E-state index in [9.17, 15) is 4.39 Å². The lowest BCUT2D eigenvalue weighted by molar-refractivity contribution is -0.140. The second-order valence-corrected chi connectivity index (χ2v) is 7.47. The van der Waals surface area contributed by atoms with Crippen molar-refractivity contribution in [3.8, 4) is 5.88 Å². The Morgan fingerprint density at radius 1 is 1.50 bits per heavy atom. The van der Waals surface area contributed by atoms with Crippen LogP contribution in [0.5, 0.6) is 5.88 Å². The lowest BCUT2D eigenvalue weighted by atomic mass is 9.81. The minimum Gasteiger partial charge on any atom is -0.475 e. The molecule has 4 rings (SSSR count). The molecule has 128 valence electrons. The van der Waals surface area contributed by atoms with Gasteiger partial charge in [0.05, 0.1) is 18.8 Å². The van der Waals surface area contributed by atoms with E-state index in [-0.39, 0.29) is 17.4 Å². The maximum absolute atomic E-state index is 13.6. The van der Waals surface area contributed by atoms with E-state index in [1.165, 1.54) is 6.07 Å². The standard InChI is InChI=1S/C17H20FN3O2S/c1-12-9-24-15(20-12)7-21-10-17(11-21)13(4-6-23-17)8-22-16-14(18)3-2-5-19-16/h2-3,5,9,13H,4,6-8,10-11H2,1H3/t13-/m0/s1. The van der Waals surface area contributed by atoms with Crippen molar-refractivity contribution in [2.75, 3.05) is 26.3 Å². The second kappa shape index (κ2) is 6.38. The van der Waals surface area contributed by atoms with Crippen molar-refractivity contribution in [1.29, 1.82) is 0 Å². The number of hydrogen-bond acceptors (Lipinski definition) is 6. The van der Waals surface area contributed by atoms with Crippen molar-refractivity contribution < 1.29 is 13.9 Å². The van der Waals surface area contributed by atoms with Gasteiger partial charge in [-0.25, -0.2) is 14.4 Å². The van der Waals surface area contributed by atoms with E-state index >= 15 is 0 Å². The Bertz CT molecular complexity index is 717. The summed E-state index contributed by atoms with van der Waals surface area (Å²) in [6.45, 7) is 5.82. The molecule has 0 aliphatic carbocycles. The Balaban J connectivity index is 1.33. The largest absolute Gasteiger partial charge is 0.475 e. The quantitative estimate of drug-likeness (QED) is 0.830. The van der Waals surface area contributed by atoms with Gasteiger partial charge in [0.15, 0.2) is 5.82 Å². The van der Waals surface area contributed by atoms with Crippen LogP contribution in [0.25, 0.3) is 0 Å². The van der Waals surface area contributed by atoms with Crippen LogP contribution in [0, 0.1) is 18.7 Å². The van der Waals surface area contributed by atoms with Crippen LogP contribution in [0.4, 0.5) is 4.39 Å². The normalized spacial score (nSPS) is 22.7. The van der Waals surface area contributed by atoms with E-state index < -0.39 is 5.82 Å². The van der Waals surface area contributed by atoms with Gasteiger partial charge in [-0.1, -0.05) is 0 Å². The lowest BCUT2D eigenvalue weighted by Gasteiger charge is -2.49. The third-order valence-electron chi connectivity index (χ3n) is 4.75. The zero-order valence-corrected chi connectivity index (χ0v) is 14.4. The minimum absolute atomic E-state index is 0.0778. The van der Waals surface area contributed by atoms with E-state index in [0.29, 0.717) is 6.61 Å². The molecule has 2 aromatic heterocycles. The summed E-state index contributed by atoms with van der Waals surface area (Å²) in [6, 6.07) is 2.93. The van der Waals surface area contributed by atoms with Crippen LogP contribution in [0.2, 0.25) is 0 Å². The molecule has 1 atom stereocenters. The summed E-state index contributed by atoms with van der Waals surface area (Å²) in [5.41, 5.74) is 0.920. The molecule has 1 spiro atoms. The molecule has 0 aromatic carbocycles. The number of halogens is 1. The van der Waals surface area contributed by atoms with E-state index in [0.717, 1.165) is 43.4 Å². The third-order valence-corrected chi connectivity index (χ3v) is 5.71. The molecule has 2 fully saturated rings. The molecule has 0 radical (unpaired) electrons. The van der Waals surface area contributed by atoms with Gasteiger partial charge in [0.2, 0.25) is 5.88 Å². The highest BCUT2D eigenvalue weighted by Gasteiger charge is 2.53. The first-order valence-electron chi connectivity index (χ1n) is 8.15. The van der Waals surface area contributed by atoms with Gasteiger partial charge in [-0.05, 0) is 25.5 Å². The Morgan fingerprint density at radius 3 is 3.12 bits per heavy atom. The molecule has 5 nitrogen and oxygen atoms in total. The fourth-order valence-corrected chi connectivity index (χ4v) is 4.33. The first kappa shape index (κ1) is 15.9. The summed E-state index contributed by atoms with van der Waals surface area (Å²) in [4.78, 5) is 10.8. The number of pyridine rings is 1. The zero-order valence-electron chi connectivity index (χ0n) is 13.6.